The number of rotatable bonds is 3. The molecule has 4 aromatic rings. The highest BCUT2D eigenvalue weighted by molar-refractivity contribution is 6.03. The zero-order chi connectivity index (χ0) is 18.9. The smallest absolute Gasteiger partial charge is 0.273 e. The zero-order valence-electron chi connectivity index (χ0n) is 15.3. The molecule has 0 fully saturated rings. The summed E-state index contributed by atoms with van der Waals surface area (Å²) in [5.74, 6) is 0.690. The molecule has 5 rings (SSSR count). The lowest BCUT2D eigenvalue weighted by Crippen LogP contribution is -2.40. The van der Waals surface area contributed by atoms with Crippen LogP contribution in [0.1, 0.15) is 17.2 Å². The van der Waals surface area contributed by atoms with Crippen LogP contribution in [0.3, 0.4) is 0 Å². The number of hydrogen-bond acceptors (Lipinski definition) is 2. The lowest BCUT2D eigenvalue weighted by atomic mass is 9.98. The molecule has 1 unspecified atom stereocenters. The summed E-state index contributed by atoms with van der Waals surface area (Å²) in [6, 6.07) is 31.9. The third-order valence-electron chi connectivity index (χ3n) is 5.18. The van der Waals surface area contributed by atoms with Gasteiger partial charge in [0.1, 0.15) is 5.75 Å². The van der Waals surface area contributed by atoms with E-state index in [0.717, 1.165) is 33.3 Å². The first kappa shape index (κ1) is 16.6. The quantitative estimate of drug-likeness (QED) is 0.479. The fourth-order valence-corrected chi connectivity index (χ4v) is 3.82. The van der Waals surface area contributed by atoms with Crippen molar-refractivity contribution in [1.29, 1.82) is 0 Å². The van der Waals surface area contributed by atoms with Gasteiger partial charge in [-0.2, -0.15) is 0 Å². The molecule has 3 nitrogen and oxygen atoms in total. The molecule has 0 spiro atoms. The first-order valence-corrected chi connectivity index (χ1v) is 9.40. The van der Waals surface area contributed by atoms with E-state index in [1.807, 2.05) is 89.8 Å². The molecule has 1 aliphatic heterocycles. The minimum atomic E-state index is -0.662. The molecule has 0 N–H and O–H groups in total. The normalized spacial score (nSPS) is 15.9. The van der Waals surface area contributed by atoms with Crippen LogP contribution in [0.2, 0.25) is 0 Å². The number of benzene rings is 4. The third kappa shape index (κ3) is 2.81. The molecule has 0 aliphatic carbocycles. The number of ether oxygens (including phenoxy) is 1. The molecule has 1 heterocycles. The maximum Gasteiger partial charge on any atom is 0.273 e. The predicted molar refractivity (Wildman–Crippen MR) is 111 cm³/mol. The molecule has 4 aromatic carbocycles. The van der Waals surface area contributed by atoms with Crippen molar-refractivity contribution in [3.63, 3.8) is 0 Å². The van der Waals surface area contributed by atoms with E-state index < -0.39 is 6.10 Å². The van der Waals surface area contributed by atoms with E-state index in [4.69, 9.17) is 4.74 Å². The van der Waals surface area contributed by atoms with E-state index in [-0.39, 0.29) is 5.91 Å². The molecule has 0 aromatic heterocycles. The number of fused-ring (bicyclic) bond motifs is 2. The number of carbonyl (C=O) groups is 1. The molecule has 28 heavy (non-hydrogen) atoms. The van der Waals surface area contributed by atoms with Gasteiger partial charge in [0.05, 0.1) is 12.2 Å². The highest BCUT2D eigenvalue weighted by Gasteiger charge is 2.36. The molecule has 1 atom stereocenters. The van der Waals surface area contributed by atoms with E-state index in [1.54, 1.807) is 0 Å². The van der Waals surface area contributed by atoms with Gasteiger partial charge in [0.2, 0.25) is 6.10 Å². The lowest BCUT2D eigenvalue weighted by Gasteiger charge is -2.35. The van der Waals surface area contributed by atoms with E-state index in [2.05, 4.69) is 12.1 Å². The van der Waals surface area contributed by atoms with Gasteiger partial charge < -0.3 is 9.64 Å². The van der Waals surface area contributed by atoms with Gasteiger partial charge in [-0.05, 0) is 28.5 Å². The van der Waals surface area contributed by atoms with Gasteiger partial charge in [0.25, 0.3) is 5.91 Å². The molecule has 0 radical (unpaired) electrons. The van der Waals surface area contributed by atoms with Gasteiger partial charge >= 0.3 is 0 Å². The minimum absolute atomic E-state index is 0.0427. The Bertz CT molecular complexity index is 1150. The Morgan fingerprint density at radius 1 is 0.750 bits per heavy atom. The van der Waals surface area contributed by atoms with Crippen LogP contribution >= 0.6 is 0 Å². The zero-order valence-corrected chi connectivity index (χ0v) is 15.3. The average Bonchev–Trinajstić information content (AvgIpc) is 2.76. The summed E-state index contributed by atoms with van der Waals surface area (Å²) in [6.07, 6.45) is -0.662. The predicted octanol–water partition coefficient (Wildman–Crippen LogP) is 5.51. The molecule has 0 saturated heterocycles. The molecule has 1 amide bonds. The largest absolute Gasteiger partial charge is 0.474 e. The lowest BCUT2D eigenvalue weighted by molar-refractivity contribution is -0.126. The summed E-state index contributed by atoms with van der Waals surface area (Å²) >= 11 is 0. The summed E-state index contributed by atoms with van der Waals surface area (Å²) in [6.45, 7) is 0.515. The van der Waals surface area contributed by atoms with Crippen LogP contribution in [-0.2, 0) is 11.3 Å². The summed E-state index contributed by atoms with van der Waals surface area (Å²) in [5.41, 5.74) is 2.80. The Balaban J connectivity index is 1.62. The standard InChI is InChI=1S/C25H19NO2/c27-25-24(21-14-8-12-19-11-4-5-13-20(19)21)28-23-16-7-6-15-22(23)26(25)17-18-9-2-1-3-10-18/h1-16,24H,17H2. The third-order valence-corrected chi connectivity index (χ3v) is 5.18. The summed E-state index contributed by atoms with van der Waals surface area (Å²) in [5, 5.41) is 2.15. The second kappa shape index (κ2) is 6.86. The van der Waals surface area contributed by atoms with Gasteiger partial charge in [-0.25, -0.2) is 0 Å². The van der Waals surface area contributed by atoms with Crippen LogP contribution in [0.5, 0.6) is 5.75 Å². The van der Waals surface area contributed by atoms with Crippen LogP contribution in [0.25, 0.3) is 10.8 Å². The van der Waals surface area contributed by atoms with Crippen molar-refractivity contribution >= 4 is 22.4 Å². The van der Waals surface area contributed by atoms with Gasteiger partial charge in [-0.3, -0.25) is 4.79 Å². The van der Waals surface area contributed by atoms with Crippen molar-refractivity contribution in [1.82, 2.24) is 0 Å². The van der Waals surface area contributed by atoms with Crippen LogP contribution in [-0.4, -0.2) is 5.91 Å². The minimum Gasteiger partial charge on any atom is -0.474 e. The van der Waals surface area contributed by atoms with Crippen LogP contribution in [0.4, 0.5) is 5.69 Å². The van der Waals surface area contributed by atoms with Gasteiger partial charge in [0.15, 0.2) is 0 Å². The highest BCUT2D eigenvalue weighted by Crippen LogP contribution is 2.40. The number of amides is 1. The fourth-order valence-electron chi connectivity index (χ4n) is 3.82. The molecule has 1 aliphatic rings. The van der Waals surface area contributed by atoms with Crippen LogP contribution in [0, 0.1) is 0 Å². The molecule has 0 saturated carbocycles. The number of hydrogen-bond donors (Lipinski definition) is 0. The summed E-state index contributed by atoms with van der Waals surface area (Å²) in [7, 11) is 0. The SMILES string of the molecule is O=C1C(c2cccc3ccccc23)Oc2ccccc2N1Cc1ccccc1. The molecule has 136 valence electrons. The number of anilines is 1. The van der Waals surface area contributed by atoms with Gasteiger partial charge in [0, 0.05) is 5.56 Å². The molecule has 0 bridgehead atoms. The van der Waals surface area contributed by atoms with Crippen LogP contribution < -0.4 is 9.64 Å². The van der Waals surface area contributed by atoms with Crippen molar-refractivity contribution < 1.29 is 9.53 Å². The second-order valence-electron chi connectivity index (χ2n) is 6.94. The van der Waals surface area contributed by atoms with Crippen molar-refractivity contribution in [2.24, 2.45) is 0 Å². The molecular formula is C25H19NO2. The fraction of sp³-hybridized carbons (Fsp3) is 0.0800. The van der Waals surface area contributed by atoms with Crippen LogP contribution in [0.15, 0.2) is 97.1 Å². The Hall–Kier alpha value is -3.59. The van der Waals surface area contributed by atoms with E-state index >= 15 is 0 Å². The van der Waals surface area contributed by atoms with E-state index in [1.165, 1.54) is 0 Å². The van der Waals surface area contributed by atoms with E-state index in [0.29, 0.717) is 6.54 Å². The Labute approximate surface area is 163 Å². The first-order chi connectivity index (χ1) is 13.8. The summed E-state index contributed by atoms with van der Waals surface area (Å²) < 4.78 is 6.22. The number of nitrogens with zero attached hydrogens (tertiary/aromatic N) is 1. The Morgan fingerprint density at radius 2 is 1.46 bits per heavy atom. The van der Waals surface area contributed by atoms with Gasteiger partial charge in [-0.15, -0.1) is 0 Å². The maximum atomic E-state index is 13.5. The molecule has 3 heteroatoms. The van der Waals surface area contributed by atoms with Crippen molar-refractivity contribution in [2.75, 3.05) is 4.90 Å². The highest BCUT2D eigenvalue weighted by atomic mass is 16.5. The number of carbonyl (C=O) groups excluding carboxylic acids is 1. The first-order valence-electron chi connectivity index (χ1n) is 9.40. The maximum absolute atomic E-state index is 13.5. The topological polar surface area (TPSA) is 29.5 Å². The van der Waals surface area contributed by atoms with Gasteiger partial charge in [-0.1, -0.05) is 84.9 Å². The van der Waals surface area contributed by atoms with E-state index in [9.17, 15) is 4.79 Å². The van der Waals surface area contributed by atoms with Crippen molar-refractivity contribution in [3.8, 4) is 5.75 Å². The monoisotopic (exact) mass is 365 g/mol. The Kier molecular flexibility index (Phi) is 4.06. The average molecular weight is 365 g/mol. The van der Waals surface area contributed by atoms with Crippen molar-refractivity contribution in [3.05, 3.63) is 108 Å². The summed E-state index contributed by atoms with van der Waals surface area (Å²) in [4.78, 5) is 15.4. The second-order valence-corrected chi connectivity index (χ2v) is 6.94. The molecular weight excluding hydrogens is 346 g/mol. The van der Waals surface area contributed by atoms with Crippen molar-refractivity contribution in [2.45, 2.75) is 12.6 Å². The Morgan fingerprint density at radius 3 is 2.36 bits per heavy atom. The number of para-hydroxylation sites is 2.